The standard InChI is InChI=1S/C23H41NO5Si/c1-9-17(4)21(25)28-18(5)23(16(2)3,29-30(6,7)8)22(26)27-15-19-12-14-24-13-10-11-20(19)24/h9,16,18-20H,10-15H2,1-8H3/b17-9+/t18?,19-,20-,23+/m0/s1. The Morgan fingerprint density at radius 2 is 1.83 bits per heavy atom. The summed E-state index contributed by atoms with van der Waals surface area (Å²) in [6.07, 6.45) is 4.41. The Morgan fingerprint density at radius 3 is 2.40 bits per heavy atom. The zero-order valence-corrected chi connectivity index (χ0v) is 21.1. The Labute approximate surface area is 183 Å². The molecule has 0 N–H and O–H groups in total. The van der Waals surface area contributed by atoms with E-state index >= 15 is 0 Å². The Kier molecular flexibility index (Phi) is 8.33. The van der Waals surface area contributed by atoms with Crippen molar-refractivity contribution in [3.63, 3.8) is 0 Å². The summed E-state index contributed by atoms with van der Waals surface area (Å²) < 4.78 is 18.1. The molecule has 2 rings (SSSR count). The number of rotatable bonds is 9. The second-order valence-electron chi connectivity index (χ2n) is 10.1. The minimum absolute atomic E-state index is 0.211. The van der Waals surface area contributed by atoms with Gasteiger partial charge in [0.15, 0.2) is 13.9 Å². The van der Waals surface area contributed by atoms with Crippen molar-refractivity contribution in [2.45, 2.75) is 91.3 Å². The Balaban J connectivity index is 2.22. The van der Waals surface area contributed by atoms with E-state index in [9.17, 15) is 9.59 Å². The number of carbonyl (C=O) groups excluding carboxylic acids is 2. The number of ether oxygens (including phenoxy) is 2. The van der Waals surface area contributed by atoms with Gasteiger partial charge in [-0.1, -0.05) is 19.9 Å². The number of fused-ring (bicyclic) bond motifs is 1. The second-order valence-corrected chi connectivity index (χ2v) is 14.5. The lowest BCUT2D eigenvalue weighted by atomic mass is 9.85. The minimum Gasteiger partial charge on any atom is -0.463 e. The number of nitrogens with zero attached hydrogens (tertiary/aromatic N) is 1. The highest BCUT2D eigenvalue weighted by Crippen LogP contribution is 2.36. The normalized spacial score (nSPS) is 25.7. The molecule has 0 radical (unpaired) electrons. The highest BCUT2D eigenvalue weighted by atomic mass is 28.4. The molecule has 0 bridgehead atoms. The van der Waals surface area contributed by atoms with Gasteiger partial charge in [-0.05, 0) is 78.7 Å². The summed E-state index contributed by atoms with van der Waals surface area (Å²) in [5, 5.41) is 0. The van der Waals surface area contributed by atoms with Gasteiger partial charge in [-0.3, -0.25) is 4.90 Å². The fourth-order valence-corrected chi connectivity index (χ4v) is 6.25. The molecule has 2 aliphatic rings. The van der Waals surface area contributed by atoms with Gasteiger partial charge in [-0.2, -0.15) is 0 Å². The number of esters is 2. The zero-order valence-electron chi connectivity index (χ0n) is 20.1. The third-order valence-electron chi connectivity index (χ3n) is 6.47. The van der Waals surface area contributed by atoms with Gasteiger partial charge in [-0.15, -0.1) is 0 Å². The number of hydrogen-bond acceptors (Lipinski definition) is 6. The van der Waals surface area contributed by atoms with Crippen LogP contribution in [0.1, 0.15) is 53.9 Å². The van der Waals surface area contributed by atoms with E-state index in [0.29, 0.717) is 24.1 Å². The maximum absolute atomic E-state index is 13.6. The number of hydrogen-bond donors (Lipinski definition) is 0. The fourth-order valence-electron chi connectivity index (χ4n) is 4.76. The quantitative estimate of drug-likeness (QED) is 0.305. The van der Waals surface area contributed by atoms with E-state index in [-0.39, 0.29) is 5.92 Å². The molecule has 0 aromatic carbocycles. The lowest BCUT2D eigenvalue weighted by Gasteiger charge is -2.43. The van der Waals surface area contributed by atoms with Crippen LogP contribution in [0.15, 0.2) is 11.6 Å². The SMILES string of the molecule is C/C=C(\C)C(=O)OC(C)[C@@](O[Si](C)(C)C)(C(=O)OC[C@@H]1CCN2CCC[C@@H]12)C(C)C. The maximum atomic E-state index is 13.6. The first kappa shape index (κ1) is 25.1. The van der Waals surface area contributed by atoms with Crippen molar-refractivity contribution in [3.05, 3.63) is 11.6 Å². The van der Waals surface area contributed by atoms with Crippen molar-refractivity contribution < 1.29 is 23.5 Å². The van der Waals surface area contributed by atoms with Crippen LogP contribution in [0, 0.1) is 11.8 Å². The molecule has 0 aromatic heterocycles. The van der Waals surface area contributed by atoms with Crippen LogP contribution in [0.3, 0.4) is 0 Å². The van der Waals surface area contributed by atoms with Gasteiger partial charge >= 0.3 is 11.9 Å². The molecule has 7 heteroatoms. The summed E-state index contributed by atoms with van der Waals surface area (Å²) in [6.45, 7) is 17.9. The first-order valence-corrected chi connectivity index (χ1v) is 14.8. The molecule has 6 nitrogen and oxygen atoms in total. The van der Waals surface area contributed by atoms with Crippen LogP contribution in [0.2, 0.25) is 19.6 Å². The van der Waals surface area contributed by atoms with E-state index in [1.807, 2.05) is 33.5 Å². The molecule has 0 saturated carbocycles. The van der Waals surface area contributed by atoms with Crippen molar-refractivity contribution in [1.82, 2.24) is 4.90 Å². The summed E-state index contributed by atoms with van der Waals surface area (Å²) >= 11 is 0. The van der Waals surface area contributed by atoms with Crippen molar-refractivity contribution in [1.29, 1.82) is 0 Å². The average Bonchev–Trinajstić information content (AvgIpc) is 3.26. The summed E-state index contributed by atoms with van der Waals surface area (Å²) in [5.74, 6) is -0.678. The fraction of sp³-hybridized carbons (Fsp3) is 0.826. The van der Waals surface area contributed by atoms with Crippen LogP contribution < -0.4 is 0 Å². The molecule has 2 fully saturated rings. The summed E-state index contributed by atoms with van der Waals surface area (Å²) in [5.41, 5.74) is -0.810. The maximum Gasteiger partial charge on any atom is 0.341 e. The number of allylic oxidation sites excluding steroid dienone is 1. The monoisotopic (exact) mass is 439 g/mol. The van der Waals surface area contributed by atoms with Crippen LogP contribution in [-0.4, -0.2) is 62.6 Å². The minimum atomic E-state index is -2.16. The van der Waals surface area contributed by atoms with Crippen molar-refractivity contribution >= 4 is 20.3 Å². The average molecular weight is 440 g/mol. The highest BCUT2D eigenvalue weighted by molar-refractivity contribution is 6.70. The Morgan fingerprint density at radius 1 is 1.17 bits per heavy atom. The molecule has 2 saturated heterocycles. The van der Waals surface area contributed by atoms with Gasteiger partial charge in [0.2, 0.25) is 0 Å². The molecule has 0 aliphatic carbocycles. The van der Waals surface area contributed by atoms with E-state index in [4.69, 9.17) is 13.9 Å². The predicted octanol–water partition coefficient (Wildman–Crippen LogP) is 4.16. The van der Waals surface area contributed by atoms with Crippen LogP contribution in [0.25, 0.3) is 0 Å². The lowest BCUT2D eigenvalue weighted by molar-refractivity contribution is -0.189. The van der Waals surface area contributed by atoms with Crippen LogP contribution in [0.4, 0.5) is 0 Å². The smallest absolute Gasteiger partial charge is 0.341 e. The molecule has 0 amide bonds. The molecule has 30 heavy (non-hydrogen) atoms. The van der Waals surface area contributed by atoms with Gasteiger partial charge in [0, 0.05) is 17.5 Å². The molecule has 2 heterocycles. The van der Waals surface area contributed by atoms with E-state index in [1.165, 1.54) is 12.8 Å². The number of carbonyl (C=O) groups is 2. The highest BCUT2D eigenvalue weighted by Gasteiger charge is 2.54. The second kappa shape index (κ2) is 9.96. The van der Waals surface area contributed by atoms with Gasteiger partial charge < -0.3 is 13.9 Å². The van der Waals surface area contributed by atoms with Gasteiger partial charge in [0.05, 0.1) is 6.61 Å². The van der Waals surface area contributed by atoms with Crippen LogP contribution in [-0.2, 0) is 23.5 Å². The first-order valence-electron chi connectivity index (χ1n) is 11.4. The van der Waals surface area contributed by atoms with Crippen LogP contribution >= 0.6 is 0 Å². The van der Waals surface area contributed by atoms with Crippen molar-refractivity contribution in [3.8, 4) is 0 Å². The topological polar surface area (TPSA) is 65.1 Å². The summed E-state index contributed by atoms with van der Waals surface area (Å²) in [6, 6.07) is 0.525. The summed E-state index contributed by atoms with van der Waals surface area (Å²) in [4.78, 5) is 28.5. The first-order chi connectivity index (χ1) is 13.9. The zero-order chi connectivity index (χ0) is 22.7. The van der Waals surface area contributed by atoms with Gasteiger partial charge in [0.1, 0.15) is 6.10 Å². The van der Waals surface area contributed by atoms with Gasteiger partial charge in [0.25, 0.3) is 0 Å². The van der Waals surface area contributed by atoms with Gasteiger partial charge in [-0.25, -0.2) is 9.59 Å². The van der Waals surface area contributed by atoms with E-state index < -0.39 is 32.0 Å². The molecule has 2 aliphatic heterocycles. The van der Waals surface area contributed by atoms with E-state index in [2.05, 4.69) is 4.90 Å². The van der Waals surface area contributed by atoms with Crippen LogP contribution in [0.5, 0.6) is 0 Å². The molecular weight excluding hydrogens is 398 g/mol. The Hall–Kier alpha value is -1.18. The molecule has 4 atom stereocenters. The van der Waals surface area contributed by atoms with E-state index in [1.54, 1.807) is 26.8 Å². The molecule has 0 spiro atoms. The molecular formula is C23H41NO5Si. The molecule has 0 aromatic rings. The van der Waals surface area contributed by atoms with Crippen molar-refractivity contribution in [2.75, 3.05) is 19.7 Å². The largest absolute Gasteiger partial charge is 0.463 e. The Bertz CT molecular complexity index is 656. The van der Waals surface area contributed by atoms with E-state index in [0.717, 1.165) is 19.5 Å². The molecule has 172 valence electrons. The lowest BCUT2D eigenvalue weighted by Crippen LogP contribution is -2.61. The molecule has 1 unspecified atom stereocenters. The third-order valence-corrected chi connectivity index (χ3v) is 7.42. The third kappa shape index (κ3) is 5.54. The van der Waals surface area contributed by atoms with Crippen molar-refractivity contribution in [2.24, 2.45) is 11.8 Å². The predicted molar refractivity (Wildman–Crippen MR) is 121 cm³/mol. The summed E-state index contributed by atoms with van der Waals surface area (Å²) in [7, 11) is -2.16.